The van der Waals surface area contributed by atoms with Crippen molar-refractivity contribution in [3.63, 3.8) is 0 Å². The van der Waals surface area contributed by atoms with Gasteiger partial charge in [0.05, 0.1) is 36.1 Å². The Balaban J connectivity index is 1.58. The molecule has 0 bridgehead atoms. The van der Waals surface area contributed by atoms with Crippen molar-refractivity contribution in [2.24, 2.45) is 0 Å². The molecule has 3 heterocycles. The number of halogens is 3. The summed E-state index contributed by atoms with van der Waals surface area (Å²) in [7, 11) is 0. The first-order valence-electron chi connectivity index (χ1n) is 10.6. The Morgan fingerprint density at radius 3 is 2.63 bits per heavy atom. The number of ether oxygens (including phenoxy) is 3. The second-order valence-electron chi connectivity index (χ2n) is 8.30. The topological polar surface area (TPSA) is 95.3 Å². The van der Waals surface area contributed by atoms with Gasteiger partial charge in [-0.3, -0.25) is 9.69 Å². The summed E-state index contributed by atoms with van der Waals surface area (Å²) in [5.74, 6) is 0.270. The number of alkyl halides is 3. The van der Waals surface area contributed by atoms with Gasteiger partial charge in [-0.1, -0.05) is 0 Å². The van der Waals surface area contributed by atoms with Crippen LogP contribution in [0.25, 0.3) is 0 Å². The first-order valence-corrected chi connectivity index (χ1v) is 11.0. The third-order valence-electron chi connectivity index (χ3n) is 6.21. The molecule has 35 heavy (non-hydrogen) atoms. The van der Waals surface area contributed by atoms with Crippen LogP contribution in [0.5, 0.6) is 11.5 Å². The maximum absolute atomic E-state index is 13.7. The van der Waals surface area contributed by atoms with Crippen molar-refractivity contribution >= 4 is 34.6 Å². The maximum Gasteiger partial charge on any atom is 0.417 e. The number of rotatable bonds is 3. The van der Waals surface area contributed by atoms with Crippen molar-refractivity contribution < 1.29 is 37.3 Å². The molecule has 3 aliphatic rings. The van der Waals surface area contributed by atoms with Crippen LogP contribution in [0.3, 0.4) is 0 Å². The number of hydrogen-bond acceptors (Lipinski definition) is 7. The van der Waals surface area contributed by atoms with Gasteiger partial charge in [0.1, 0.15) is 6.61 Å². The maximum atomic E-state index is 13.7. The predicted molar refractivity (Wildman–Crippen MR) is 120 cm³/mol. The summed E-state index contributed by atoms with van der Waals surface area (Å²) in [5, 5.41) is 18.4. The monoisotopic (exact) mass is 505 g/mol. The molecule has 8 nitrogen and oxygen atoms in total. The van der Waals surface area contributed by atoms with E-state index in [0.717, 1.165) is 17.0 Å². The zero-order valence-corrected chi connectivity index (χ0v) is 18.9. The third-order valence-corrected chi connectivity index (χ3v) is 6.57. The van der Waals surface area contributed by atoms with Crippen molar-refractivity contribution in [2.45, 2.75) is 24.2 Å². The molecule has 0 unspecified atom stereocenters. The number of carbonyl (C=O) groups is 1. The molecule has 2 saturated heterocycles. The molecule has 1 amide bonds. The zero-order chi connectivity index (χ0) is 25.0. The van der Waals surface area contributed by atoms with Crippen LogP contribution in [0.1, 0.15) is 17.5 Å². The second-order valence-corrected chi connectivity index (χ2v) is 8.66. The van der Waals surface area contributed by atoms with Crippen molar-refractivity contribution in [3.05, 3.63) is 47.5 Å². The van der Waals surface area contributed by atoms with Crippen molar-refractivity contribution in [1.82, 2.24) is 0 Å². The average Bonchev–Trinajstić information content (AvgIpc) is 3.41. The molecule has 0 aromatic heterocycles. The summed E-state index contributed by atoms with van der Waals surface area (Å²) in [5.41, 5.74) is -2.57. The molecule has 2 atom stereocenters. The summed E-state index contributed by atoms with van der Waals surface area (Å²) in [6.07, 6.45) is -5.03. The van der Waals surface area contributed by atoms with E-state index in [2.05, 4.69) is 0 Å². The molecular weight excluding hydrogens is 487 g/mol. The first kappa shape index (κ1) is 23.3. The van der Waals surface area contributed by atoms with Gasteiger partial charge in [-0.25, -0.2) is 0 Å². The van der Waals surface area contributed by atoms with Gasteiger partial charge in [0.25, 0.3) is 5.91 Å². The number of amides is 1. The molecule has 2 aromatic rings. The minimum Gasteiger partial charge on any atom is -0.486 e. The molecule has 1 spiro atoms. The van der Waals surface area contributed by atoms with E-state index in [1.165, 1.54) is 12.1 Å². The molecule has 2 fully saturated rings. The number of nitriles is 1. The Morgan fingerprint density at radius 2 is 1.97 bits per heavy atom. The number of anilines is 2. The summed E-state index contributed by atoms with van der Waals surface area (Å²) < 4.78 is 57.6. The summed E-state index contributed by atoms with van der Waals surface area (Å²) in [6.45, 7) is 0.169. The highest BCUT2D eigenvalue weighted by Crippen LogP contribution is 2.45. The van der Waals surface area contributed by atoms with Crippen molar-refractivity contribution in [2.75, 3.05) is 36.2 Å². The number of thiocarbonyl (C=S) groups is 1. The van der Waals surface area contributed by atoms with E-state index in [9.17, 15) is 23.1 Å². The summed E-state index contributed by atoms with van der Waals surface area (Å²) in [6, 6.07) is 9.49. The molecule has 0 radical (unpaired) electrons. The molecule has 0 aliphatic carbocycles. The van der Waals surface area contributed by atoms with Crippen LogP contribution in [0, 0.1) is 11.3 Å². The third kappa shape index (κ3) is 3.67. The predicted octanol–water partition coefficient (Wildman–Crippen LogP) is 3.01. The van der Waals surface area contributed by atoms with Gasteiger partial charge in [0, 0.05) is 24.8 Å². The lowest BCUT2D eigenvalue weighted by Gasteiger charge is -2.32. The quantitative estimate of drug-likeness (QED) is 0.637. The molecule has 3 aliphatic heterocycles. The molecule has 1 N–H and O–H groups in total. The molecule has 5 rings (SSSR count). The first-order chi connectivity index (χ1) is 16.7. The van der Waals surface area contributed by atoms with E-state index in [-0.39, 0.29) is 43.6 Å². The van der Waals surface area contributed by atoms with Crippen LogP contribution in [0.15, 0.2) is 36.4 Å². The van der Waals surface area contributed by atoms with Gasteiger partial charge in [-0.15, -0.1) is 0 Å². The Labute approximate surface area is 203 Å². The van der Waals surface area contributed by atoms with E-state index in [1.54, 1.807) is 23.1 Å². The van der Waals surface area contributed by atoms with Gasteiger partial charge >= 0.3 is 6.18 Å². The summed E-state index contributed by atoms with van der Waals surface area (Å²) >= 11 is 5.63. The van der Waals surface area contributed by atoms with Crippen LogP contribution < -0.4 is 19.3 Å². The van der Waals surface area contributed by atoms with Crippen LogP contribution in [-0.2, 0) is 15.7 Å². The molecule has 0 saturated carbocycles. The molecule has 182 valence electrons. The SMILES string of the molecule is N#Cc1ccc(N2C(=O)[C@@]3(CCOC3)N(c3ccc4c(c3)OC[C@H](CO)O4)C2=S)cc1C(F)(F)F. The zero-order valence-electron chi connectivity index (χ0n) is 18.0. The Bertz CT molecular complexity index is 1260. The number of benzene rings is 2. The van der Waals surface area contributed by atoms with Crippen LogP contribution in [0.2, 0.25) is 0 Å². The number of nitrogens with zero attached hydrogens (tertiary/aromatic N) is 3. The average molecular weight is 505 g/mol. The number of hydrogen-bond donors (Lipinski definition) is 1. The fourth-order valence-electron chi connectivity index (χ4n) is 4.49. The smallest absolute Gasteiger partial charge is 0.417 e. The van der Waals surface area contributed by atoms with Crippen LogP contribution in [0.4, 0.5) is 24.5 Å². The second kappa shape index (κ2) is 8.37. The minimum absolute atomic E-state index is 0.00803. The fourth-order valence-corrected chi connectivity index (χ4v) is 4.96. The molecule has 2 aromatic carbocycles. The van der Waals surface area contributed by atoms with Crippen LogP contribution >= 0.6 is 12.2 Å². The highest BCUT2D eigenvalue weighted by molar-refractivity contribution is 7.81. The largest absolute Gasteiger partial charge is 0.486 e. The van der Waals surface area contributed by atoms with Gasteiger partial charge in [0.2, 0.25) is 0 Å². The Hall–Kier alpha value is -3.40. The van der Waals surface area contributed by atoms with E-state index in [0.29, 0.717) is 17.2 Å². The number of carbonyl (C=O) groups excluding carboxylic acids is 1. The number of fused-ring (bicyclic) bond motifs is 1. The van der Waals surface area contributed by atoms with Crippen molar-refractivity contribution in [3.8, 4) is 17.6 Å². The van der Waals surface area contributed by atoms with E-state index in [1.807, 2.05) is 0 Å². The van der Waals surface area contributed by atoms with Gasteiger partial charge in [-0.05, 0) is 42.5 Å². The molecular formula is C23H18F3N3O5S. The lowest BCUT2D eigenvalue weighted by atomic mass is 9.95. The normalized spacial score (nSPS) is 23.8. The fraction of sp³-hybridized carbons (Fsp3) is 0.348. The highest BCUT2D eigenvalue weighted by Gasteiger charge is 2.58. The van der Waals surface area contributed by atoms with Gasteiger partial charge in [0.15, 0.2) is 28.3 Å². The molecule has 12 heteroatoms. The van der Waals surface area contributed by atoms with Gasteiger partial charge < -0.3 is 24.2 Å². The standard InChI is InChI=1S/C23H18F3N3O5S/c24-23(25,26)17-7-14(2-1-13(17)9-27)28-20(31)22(5-6-32-12-22)29(21(28)35)15-3-4-18-19(8-15)33-11-16(10-30)34-18/h1-4,7-8,16,30H,5-6,10-12H2/t16-,22-/m0/s1. The van der Waals surface area contributed by atoms with Crippen molar-refractivity contribution in [1.29, 1.82) is 5.26 Å². The Kier molecular flexibility index (Phi) is 5.58. The highest BCUT2D eigenvalue weighted by atomic mass is 32.1. The lowest BCUT2D eigenvalue weighted by molar-refractivity contribution is -0.137. The Morgan fingerprint density at radius 1 is 1.20 bits per heavy atom. The summed E-state index contributed by atoms with van der Waals surface area (Å²) in [4.78, 5) is 16.3. The van der Waals surface area contributed by atoms with E-state index in [4.69, 9.17) is 31.7 Å². The van der Waals surface area contributed by atoms with E-state index >= 15 is 0 Å². The van der Waals surface area contributed by atoms with E-state index < -0.39 is 34.9 Å². The number of aliphatic hydroxyl groups is 1. The van der Waals surface area contributed by atoms with Gasteiger partial charge in [-0.2, -0.15) is 18.4 Å². The number of aliphatic hydroxyl groups excluding tert-OH is 1. The van der Waals surface area contributed by atoms with Crippen LogP contribution in [-0.4, -0.2) is 54.2 Å². The minimum atomic E-state index is -4.79. The lowest BCUT2D eigenvalue weighted by Crippen LogP contribution is -2.50.